The van der Waals surface area contributed by atoms with Crippen LogP contribution in [0.3, 0.4) is 0 Å². The van der Waals surface area contributed by atoms with Gasteiger partial charge >= 0.3 is 0 Å². The SMILES string of the molecule is CC(=O)c1cc(-n2ncccc2=O)c(Cc2ccccc2)cc1Nc1cccc(Cl)c1. The van der Waals surface area contributed by atoms with E-state index in [0.29, 0.717) is 28.4 Å². The first-order chi connectivity index (χ1) is 15.0. The monoisotopic (exact) mass is 429 g/mol. The maximum absolute atomic E-state index is 12.5. The summed E-state index contributed by atoms with van der Waals surface area (Å²) < 4.78 is 1.33. The Morgan fingerprint density at radius 3 is 2.52 bits per heavy atom. The number of benzene rings is 3. The molecule has 0 fully saturated rings. The van der Waals surface area contributed by atoms with Crippen molar-refractivity contribution in [3.05, 3.63) is 117 Å². The average molecular weight is 430 g/mol. The third-order valence-corrected chi connectivity index (χ3v) is 5.12. The van der Waals surface area contributed by atoms with Crippen molar-refractivity contribution in [2.24, 2.45) is 0 Å². The number of nitrogens with zero attached hydrogens (tertiary/aromatic N) is 2. The van der Waals surface area contributed by atoms with Crippen molar-refractivity contribution in [2.75, 3.05) is 5.32 Å². The Morgan fingerprint density at radius 1 is 1.00 bits per heavy atom. The van der Waals surface area contributed by atoms with Gasteiger partial charge in [0.25, 0.3) is 5.56 Å². The maximum atomic E-state index is 12.5. The predicted octanol–water partition coefficient (Wildman–Crippen LogP) is 5.42. The zero-order valence-corrected chi connectivity index (χ0v) is 17.6. The van der Waals surface area contributed by atoms with Crippen LogP contribution in [0.1, 0.15) is 28.4 Å². The lowest BCUT2D eigenvalue weighted by Gasteiger charge is -2.17. The molecular formula is C25H20ClN3O2. The Kier molecular flexibility index (Phi) is 5.96. The van der Waals surface area contributed by atoms with Gasteiger partial charge in [0.2, 0.25) is 0 Å². The summed E-state index contributed by atoms with van der Waals surface area (Å²) in [6, 6.07) is 23.9. The summed E-state index contributed by atoms with van der Waals surface area (Å²) in [7, 11) is 0. The number of Topliss-reactive ketones (excluding diaryl/α,β-unsaturated/α-hetero) is 1. The molecule has 4 aromatic rings. The van der Waals surface area contributed by atoms with Crippen LogP contribution in [0.25, 0.3) is 5.69 Å². The normalized spacial score (nSPS) is 10.6. The van der Waals surface area contributed by atoms with Crippen LogP contribution in [-0.2, 0) is 6.42 Å². The molecule has 0 spiro atoms. The number of aromatic nitrogens is 2. The summed E-state index contributed by atoms with van der Waals surface area (Å²) in [6.45, 7) is 1.50. The van der Waals surface area contributed by atoms with Crippen LogP contribution in [-0.4, -0.2) is 15.6 Å². The lowest BCUT2D eigenvalue weighted by Crippen LogP contribution is -2.21. The van der Waals surface area contributed by atoms with Gasteiger partial charge < -0.3 is 5.32 Å². The molecule has 3 aromatic carbocycles. The lowest BCUT2D eigenvalue weighted by molar-refractivity contribution is 0.101. The first-order valence-electron chi connectivity index (χ1n) is 9.80. The Morgan fingerprint density at radius 2 is 1.81 bits per heavy atom. The van der Waals surface area contributed by atoms with Crippen LogP contribution in [0.15, 0.2) is 89.9 Å². The van der Waals surface area contributed by atoms with Gasteiger partial charge in [-0.3, -0.25) is 9.59 Å². The highest BCUT2D eigenvalue weighted by Crippen LogP contribution is 2.29. The van der Waals surface area contributed by atoms with Gasteiger partial charge in [-0.05, 0) is 60.9 Å². The molecule has 1 heterocycles. The van der Waals surface area contributed by atoms with Crippen LogP contribution >= 0.6 is 11.6 Å². The van der Waals surface area contributed by atoms with Gasteiger partial charge in [-0.25, -0.2) is 0 Å². The molecule has 0 amide bonds. The van der Waals surface area contributed by atoms with Crippen LogP contribution < -0.4 is 10.9 Å². The highest BCUT2D eigenvalue weighted by atomic mass is 35.5. The van der Waals surface area contributed by atoms with Crippen molar-refractivity contribution >= 4 is 28.8 Å². The van der Waals surface area contributed by atoms with E-state index in [-0.39, 0.29) is 11.3 Å². The highest BCUT2D eigenvalue weighted by Gasteiger charge is 2.16. The lowest BCUT2D eigenvalue weighted by atomic mass is 9.98. The Bertz CT molecular complexity index is 1300. The number of anilines is 2. The number of carbonyl (C=O) groups is 1. The molecule has 0 saturated carbocycles. The maximum Gasteiger partial charge on any atom is 0.271 e. The smallest absolute Gasteiger partial charge is 0.271 e. The molecular weight excluding hydrogens is 410 g/mol. The van der Waals surface area contributed by atoms with E-state index in [9.17, 15) is 9.59 Å². The highest BCUT2D eigenvalue weighted by molar-refractivity contribution is 6.30. The number of hydrogen-bond acceptors (Lipinski definition) is 4. The fourth-order valence-corrected chi connectivity index (χ4v) is 3.63. The summed E-state index contributed by atoms with van der Waals surface area (Å²) in [5.74, 6) is -0.124. The second-order valence-electron chi connectivity index (χ2n) is 7.15. The minimum Gasteiger partial charge on any atom is -0.355 e. The van der Waals surface area contributed by atoms with Crippen LogP contribution in [0.5, 0.6) is 0 Å². The molecule has 5 nitrogen and oxygen atoms in total. The number of hydrogen-bond donors (Lipinski definition) is 1. The minimum absolute atomic E-state index is 0.124. The molecule has 0 aliphatic carbocycles. The van der Waals surface area contributed by atoms with Crippen LogP contribution in [0.2, 0.25) is 5.02 Å². The summed E-state index contributed by atoms with van der Waals surface area (Å²) in [5, 5.41) is 8.13. The van der Waals surface area contributed by atoms with E-state index in [1.165, 1.54) is 17.7 Å². The van der Waals surface area contributed by atoms with E-state index in [1.54, 1.807) is 30.5 Å². The van der Waals surface area contributed by atoms with Gasteiger partial charge in [0, 0.05) is 34.2 Å². The van der Waals surface area contributed by atoms with Gasteiger partial charge in [-0.15, -0.1) is 0 Å². The second kappa shape index (κ2) is 8.98. The van der Waals surface area contributed by atoms with Gasteiger partial charge in [-0.1, -0.05) is 48.0 Å². The molecule has 0 radical (unpaired) electrons. The minimum atomic E-state index is -0.262. The molecule has 1 aromatic heterocycles. The molecule has 0 bridgehead atoms. The van der Waals surface area contributed by atoms with Crippen molar-refractivity contribution in [3.8, 4) is 5.69 Å². The number of nitrogens with one attached hydrogen (secondary N) is 1. The van der Waals surface area contributed by atoms with E-state index in [4.69, 9.17) is 11.6 Å². The molecule has 154 valence electrons. The fraction of sp³-hybridized carbons (Fsp3) is 0.0800. The van der Waals surface area contributed by atoms with Crippen molar-refractivity contribution in [3.63, 3.8) is 0 Å². The standard InChI is InChI=1S/C25H20ClN3O2/c1-17(30)22-16-24(29-25(31)11-6-12-27-29)19(13-18-7-3-2-4-8-18)14-23(22)28-21-10-5-9-20(26)15-21/h2-12,14-16,28H,13H2,1H3. The van der Waals surface area contributed by atoms with Crippen molar-refractivity contribution in [2.45, 2.75) is 13.3 Å². The largest absolute Gasteiger partial charge is 0.355 e. The third kappa shape index (κ3) is 4.73. The molecule has 0 saturated heterocycles. The third-order valence-electron chi connectivity index (χ3n) is 4.88. The Hall–Kier alpha value is -3.70. The van der Waals surface area contributed by atoms with Gasteiger partial charge in [0.1, 0.15) is 0 Å². The van der Waals surface area contributed by atoms with E-state index >= 15 is 0 Å². The van der Waals surface area contributed by atoms with Gasteiger partial charge in [-0.2, -0.15) is 9.78 Å². The van der Waals surface area contributed by atoms with Crippen molar-refractivity contribution < 1.29 is 4.79 Å². The molecule has 4 rings (SSSR count). The number of ketones is 1. The zero-order valence-electron chi connectivity index (χ0n) is 16.9. The summed E-state index contributed by atoms with van der Waals surface area (Å²) in [6.07, 6.45) is 2.13. The van der Waals surface area contributed by atoms with Gasteiger partial charge in [0.15, 0.2) is 5.78 Å². The number of rotatable bonds is 6. The van der Waals surface area contributed by atoms with E-state index in [1.807, 2.05) is 48.5 Å². The first-order valence-corrected chi connectivity index (χ1v) is 10.2. The van der Waals surface area contributed by atoms with E-state index in [2.05, 4.69) is 10.4 Å². The molecule has 0 aliphatic heterocycles. The average Bonchev–Trinajstić information content (AvgIpc) is 2.75. The first kappa shape index (κ1) is 20.6. The summed E-state index contributed by atoms with van der Waals surface area (Å²) in [5.41, 5.74) is 4.14. The summed E-state index contributed by atoms with van der Waals surface area (Å²) in [4.78, 5) is 25.0. The van der Waals surface area contributed by atoms with E-state index in [0.717, 1.165) is 16.8 Å². The van der Waals surface area contributed by atoms with Crippen molar-refractivity contribution in [1.82, 2.24) is 9.78 Å². The summed E-state index contributed by atoms with van der Waals surface area (Å²) >= 11 is 6.12. The molecule has 0 unspecified atom stereocenters. The van der Waals surface area contributed by atoms with Crippen molar-refractivity contribution in [1.29, 1.82) is 0 Å². The molecule has 1 N–H and O–H groups in total. The van der Waals surface area contributed by atoms with Crippen LogP contribution in [0.4, 0.5) is 11.4 Å². The quantitative estimate of drug-likeness (QED) is 0.415. The fourth-order valence-electron chi connectivity index (χ4n) is 3.44. The molecule has 0 aliphatic rings. The Balaban J connectivity index is 1.89. The molecule has 6 heteroatoms. The topological polar surface area (TPSA) is 64.0 Å². The number of carbonyl (C=O) groups excluding carboxylic acids is 1. The zero-order chi connectivity index (χ0) is 21.8. The van der Waals surface area contributed by atoms with Crippen LogP contribution in [0, 0.1) is 0 Å². The molecule has 31 heavy (non-hydrogen) atoms. The number of halogens is 1. The molecule has 0 atom stereocenters. The van der Waals surface area contributed by atoms with E-state index < -0.39 is 0 Å². The second-order valence-corrected chi connectivity index (χ2v) is 7.59. The van der Waals surface area contributed by atoms with Gasteiger partial charge in [0.05, 0.1) is 5.69 Å². The Labute approximate surface area is 184 Å². The predicted molar refractivity (Wildman–Crippen MR) is 124 cm³/mol.